The van der Waals surface area contributed by atoms with Gasteiger partial charge in [-0.05, 0) is 17.7 Å². The highest BCUT2D eigenvalue weighted by Crippen LogP contribution is 2.14. The Bertz CT molecular complexity index is 559. The van der Waals surface area contributed by atoms with Crippen molar-refractivity contribution in [2.75, 3.05) is 20.6 Å². The summed E-state index contributed by atoms with van der Waals surface area (Å²) in [6.07, 6.45) is -0.220. The molecule has 6 nitrogen and oxygen atoms in total. The second-order valence-corrected chi connectivity index (χ2v) is 7.41. The van der Waals surface area contributed by atoms with Gasteiger partial charge in [0.1, 0.15) is 0 Å². The van der Waals surface area contributed by atoms with Gasteiger partial charge in [-0.25, -0.2) is 0 Å². The number of nitrogens with zero attached hydrogens (tertiary/aromatic N) is 2. The van der Waals surface area contributed by atoms with Crippen molar-refractivity contribution in [2.24, 2.45) is 0 Å². The highest BCUT2D eigenvalue weighted by Gasteiger charge is 2.23. The fourth-order valence-electron chi connectivity index (χ4n) is 1.53. The number of carboxylic acid groups (broad SMARTS) is 1. The van der Waals surface area contributed by atoms with Gasteiger partial charge < -0.3 is 5.11 Å². The van der Waals surface area contributed by atoms with E-state index < -0.39 is 16.2 Å². The van der Waals surface area contributed by atoms with Gasteiger partial charge in [0, 0.05) is 31.7 Å². The van der Waals surface area contributed by atoms with Gasteiger partial charge in [-0.2, -0.15) is 17.0 Å². The number of aliphatic carboxylic acids is 1. The normalized spacial score (nSPS) is 12.1. The van der Waals surface area contributed by atoms with Crippen molar-refractivity contribution in [2.45, 2.75) is 13.0 Å². The van der Waals surface area contributed by atoms with E-state index in [0.29, 0.717) is 0 Å². The molecule has 0 spiro atoms. The lowest BCUT2D eigenvalue weighted by Crippen LogP contribution is -2.40. The summed E-state index contributed by atoms with van der Waals surface area (Å²) in [5.41, 5.74) is 0.853. The molecular weight excluding hydrogens is 348 g/mol. The van der Waals surface area contributed by atoms with E-state index in [1.807, 2.05) is 24.3 Å². The van der Waals surface area contributed by atoms with Crippen LogP contribution < -0.4 is 0 Å². The van der Waals surface area contributed by atoms with Gasteiger partial charge in [0.05, 0.1) is 6.42 Å². The first kappa shape index (κ1) is 17.1. The van der Waals surface area contributed by atoms with Crippen LogP contribution >= 0.6 is 15.9 Å². The van der Waals surface area contributed by atoms with Crippen LogP contribution in [0, 0.1) is 0 Å². The Labute approximate surface area is 127 Å². The maximum atomic E-state index is 12.2. The van der Waals surface area contributed by atoms with Crippen LogP contribution in [0.3, 0.4) is 0 Å². The molecule has 1 rings (SSSR count). The van der Waals surface area contributed by atoms with Crippen molar-refractivity contribution in [3.05, 3.63) is 34.3 Å². The van der Waals surface area contributed by atoms with Crippen LogP contribution in [-0.2, 0) is 21.5 Å². The molecule has 0 aromatic heterocycles. The molecule has 1 aromatic rings. The van der Waals surface area contributed by atoms with Gasteiger partial charge in [0.2, 0.25) is 0 Å². The van der Waals surface area contributed by atoms with Gasteiger partial charge in [-0.1, -0.05) is 28.1 Å². The molecule has 112 valence electrons. The molecule has 20 heavy (non-hydrogen) atoms. The predicted octanol–water partition coefficient (Wildman–Crippen LogP) is 1.53. The molecule has 0 unspecified atom stereocenters. The maximum absolute atomic E-state index is 12.2. The van der Waals surface area contributed by atoms with Crippen molar-refractivity contribution in [3.63, 3.8) is 0 Å². The smallest absolute Gasteiger partial charge is 0.304 e. The van der Waals surface area contributed by atoms with Crippen LogP contribution in [0.5, 0.6) is 0 Å². The first-order chi connectivity index (χ1) is 9.23. The third-order valence-corrected chi connectivity index (χ3v) is 5.16. The Morgan fingerprint density at radius 2 is 1.75 bits per heavy atom. The zero-order valence-electron chi connectivity index (χ0n) is 11.3. The quantitative estimate of drug-likeness (QED) is 0.795. The summed E-state index contributed by atoms with van der Waals surface area (Å²) in [5, 5.41) is 8.59. The molecule has 0 heterocycles. The Hall–Kier alpha value is -0.960. The Balaban J connectivity index is 2.71. The highest BCUT2D eigenvalue weighted by molar-refractivity contribution is 9.10. The molecule has 0 aliphatic heterocycles. The lowest BCUT2D eigenvalue weighted by molar-refractivity contribution is -0.137. The van der Waals surface area contributed by atoms with E-state index in [0.717, 1.165) is 14.3 Å². The largest absolute Gasteiger partial charge is 0.481 e. The Kier molecular flexibility index (Phi) is 6.12. The van der Waals surface area contributed by atoms with Crippen LogP contribution in [-0.4, -0.2) is 48.7 Å². The minimum atomic E-state index is -3.65. The van der Waals surface area contributed by atoms with E-state index in [1.165, 1.54) is 18.4 Å². The molecule has 0 atom stereocenters. The Morgan fingerprint density at radius 1 is 1.20 bits per heavy atom. The number of carboxylic acids is 1. The lowest BCUT2D eigenvalue weighted by atomic mass is 10.2. The zero-order valence-corrected chi connectivity index (χ0v) is 13.7. The number of hydrogen-bond donors (Lipinski definition) is 1. The van der Waals surface area contributed by atoms with E-state index in [4.69, 9.17) is 5.11 Å². The summed E-state index contributed by atoms with van der Waals surface area (Å²) in [5.74, 6) is -1.03. The molecule has 1 N–H and O–H groups in total. The number of carbonyl (C=O) groups is 1. The topological polar surface area (TPSA) is 77.9 Å². The SMILES string of the molecule is CN(CCC(=O)O)S(=O)(=O)N(C)Cc1ccc(Br)cc1. The van der Waals surface area contributed by atoms with Crippen LogP contribution in [0.1, 0.15) is 12.0 Å². The van der Waals surface area contributed by atoms with Crippen molar-refractivity contribution >= 4 is 32.1 Å². The summed E-state index contributed by atoms with van der Waals surface area (Å²) in [7, 11) is -0.813. The van der Waals surface area contributed by atoms with Gasteiger partial charge in [0.25, 0.3) is 10.2 Å². The van der Waals surface area contributed by atoms with E-state index in [9.17, 15) is 13.2 Å². The summed E-state index contributed by atoms with van der Waals surface area (Å²) < 4.78 is 27.5. The molecule has 0 saturated carbocycles. The predicted molar refractivity (Wildman–Crippen MR) is 79.4 cm³/mol. The van der Waals surface area contributed by atoms with E-state index in [1.54, 1.807) is 0 Å². The zero-order chi connectivity index (χ0) is 15.3. The second-order valence-electron chi connectivity index (χ2n) is 4.36. The molecule has 0 aliphatic carbocycles. The number of benzene rings is 1. The third-order valence-electron chi connectivity index (χ3n) is 2.75. The molecule has 8 heteroatoms. The standard InChI is InChI=1S/C12H17BrN2O4S/c1-14(8-7-12(16)17)20(18,19)15(2)9-10-3-5-11(13)6-4-10/h3-6H,7-9H2,1-2H3,(H,16,17). The summed E-state index contributed by atoms with van der Waals surface area (Å²) >= 11 is 3.31. The van der Waals surface area contributed by atoms with Crippen molar-refractivity contribution in [1.29, 1.82) is 0 Å². The molecular formula is C12H17BrN2O4S. The van der Waals surface area contributed by atoms with Crippen LogP contribution in [0.15, 0.2) is 28.7 Å². The van der Waals surface area contributed by atoms with Gasteiger partial charge in [-0.3, -0.25) is 4.79 Å². The second kappa shape index (κ2) is 7.16. The number of halogens is 1. The third kappa shape index (κ3) is 4.86. The van der Waals surface area contributed by atoms with Gasteiger partial charge in [0.15, 0.2) is 0 Å². The number of hydrogen-bond acceptors (Lipinski definition) is 3. The van der Waals surface area contributed by atoms with Gasteiger partial charge in [-0.15, -0.1) is 0 Å². The summed E-state index contributed by atoms with van der Waals surface area (Å²) in [6, 6.07) is 7.33. The highest BCUT2D eigenvalue weighted by atomic mass is 79.9. The fraction of sp³-hybridized carbons (Fsp3) is 0.417. The lowest BCUT2D eigenvalue weighted by Gasteiger charge is -2.24. The molecule has 0 bridgehead atoms. The minimum Gasteiger partial charge on any atom is -0.481 e. The molecule has 0 aliphatic rings. The van der Waals surface area contributed by atoms with Crippen LogP contribution in [0.2, 0.25) is 0 Å². The molecule has 0 saturated heterocycles. The van der Waals surface area contributed by atoms with E-state index >= 15 is 0 Å². The molecule has 1 aromatic carbocycles. The van der Waals surface area contributed by atoms with E-state index in [-0.39, 0.29) is 19.5 Å². The first-order valence-corrected chi connectivity index (χ1v) is 8.06. The monoisotopic (exact) mass is 364 g/mol. The average Bonchev–Trinajstić information content (AvgIpc) is 2.38. The molecule has 0 radical (unpaired) electrons. The van der Waals surface area contributed by atoms with Crippen LogP contribution in [0.25, 0.3) is 0 Å². The van der Waals surface area contributed by atoms with Gasteiger partial charge >= 0.3 is 5.97 Å². The van der Waals surface area contributed by atoms with Crippen molar-refractivity contribution in [3.8, 4) is 0 Å². The van der Waals surface area contributed by atoms with Crippen molar-refractivity contribution < 1.29 is 18.3 Å². The molecule has 0 amide bonds. The van der Waals surface area contributed by atoms with Crippen molar-refractivity contribution in [1.82, 2.24) is 8.61 Å². The summed E-state index contributed by atoms with van der Waals surface area (Å²) in [4.78, 5) is 10.5. The fourth-order valence-corrected chi connectivity index (χ4v) is 2.91. The first-order valence-electron chi connectivity index (χ1n) is 5.87. The Morgan fingerprint density at radius 3 is 2.25 bits per heavy atom. The van der Waals surface area contributed by atoms with Crippen LogP contribution in [0.4, 0.5) is 0 Å². The molecule has 0 fully saturated rings. The maximum Gasteiger partial charge on any atom is 0.304 e. The average molecular weight is 365 g/mol. The number of rotatable bonds is 7. The summed E-state index contributed by atoms with van der Waals surface area (Å²) in [6.45, 7) is 0.176. The minimum absolute atomic E-state index is 0.0532. The van der Waals surface area contributed by atoms with E-state index in [2.05, 4.69) is 15.9 Å².